The lowest BCUT2D eigenvalue weighted by Gasteiger charge is -2.13. The van der Waals surface area contributed by atoms with Gasteiger partial charge in [0.25, 0.3) is 0 Å². The molecule has 27 heavy (non-hydrogen) atoms. The summed E-state index contributed by atoms with van der Waals surface area (Å²) in [6, 6.07) is 18.1. The lowest BCUT2D eigenvalue weighted by molar-refractivity contribution is -0.117. The van der Waals surface area contributed by atoms with Crippen LogP contribution in [0.2, 0.25) is 0 Å². The first-order valence-corrected chi connectivity index (χ1v) is 8.86. The van der Waals surface area contributed by atoms with Crippen LogP contribution in [0.15, 0.2) is 60.7 Å². The minimum atomic E-state index is -0.334. The first-order valence-electron chi connectivity index (χ1n) is 8.86. The summed E-state index contributed by atoms with van der Waals surface area (Å²) in [5, 5.41) is 4.92. The van der Waals surface area contributed by atoms with Crippen LogP contribution in [0, 0.1) is 5.82 Å². The van der Waals surface area contributed by atoms with Crippen LogP contribution < -0.4 is 11.1 Å². The quantitative estimate of drug-likeness (QED) is 0.495. The van der Waals surface area contributed by atoms with Crippen LogP contribution in [0.25, 0.3) is 21.8 Å². The third-order valence-corrected chi connectivity index (χ3v) is 4.91. The first-order chi connectivity index (χ1) is 13.0. The van der Waals surface area contributed by atoms with Crippen molar-refractivity contribution in [2.75, 3.05) is 5.32 Å². The SMILES string of the molecule is CC(C(=O)Nc1cccc(CN)c1)c1ccc2c(c1)[nH]c1cc(F)ccc12. The molecule has 136 valence electrons. The molecule has 4 rings (SSSR count). The molecule has 4 nitrogen and oxygen atoms in total. The molecule has 3 aromatic carbocycles. The molecule has 1 atom stereocenters. The molecular weight excluding hydrogens is 341 g/mol. The Balaban J connectivity index is 1.62. The Kier molecular flexibility index (Phi) is 4.38. The Morgan fingerprint density at radius 1 is 1.07 bits per heavy atom. The van der Waals surface area contributed by atoms with Crippen LogP contribution in [0.4, 0.5) is 10.1 Å². The van der Waals surface area contributed by atoms with Crippen molar-refractivity contribution >= 4 is 33.4 Å². The van der Waals surface area contributed by atoms with Crippen LogP contribution in [0.3, 0.4) is 0 Å². The van der Waals surface area contributed by atoms with E-state index in [0.29, 0.717) is 6.54 Å². The average Bonchev–Trinajstić information content (AvgIpc) is 3.03. The molecule has 1 heterocycles. The fourth-order valence-electron chi connectivity index (χ4n) is 3.35. The van der Waals surface area contributed by atoms with Gasteiger partial charge in [0.2, 0.25) is 5.91 Å². The number of rotatable bonds is 4. The van der Waals surface area contributed by atoms with Crippen molar-refractivity contribution in [1.82, 2.24) is 4.98 Å². The van der Waals surface area contributed by atoms with E-state index < -0.39 is 0 Å². The summed E-state index contributed by atoms with van der Waals surface area (Å²) >= 11 is 0. The van der Waals surface area contributed by atoms with Crippen molar-refractivity contribution in [2.24, 2.45) is 5.73 Å². The van der Waals surface area contributed by atoms with Crippen LogP contribution in [-0.4, -0.2) is 10.9 Å². The number of nitrogens with one attached hydrogen (secondary N) is 2. The summed E-state index contributed by atoms with van der Waals surface area (Å²) in [6.45, 7) is 2.29. The molecule has 0 aliphatic rings. The lowest BCUT2D eigenvalue weighted by Crippen LogP contribution is -2.19. The molecule has 1 amide bonds. The molecule has 0 saturated heterocycles. The van der Waals surface area contributed by atoms with Gasteiger partial charge >= 0.3 is 0 Å². The summed E-state index contributed by atoms with van der Waals surface area (Å²) in [5.41, 5.74) is 9.88. The van der Waals surface area contributed by atoms with Gasteiger partial charge in [0.05, 0.1) is 5.92 Å². The van der Waals surface area contributed by atoms with Gasteiger partial charge in [-0.1, -0.05) is 24.3 Å². The van der Waals surface area contributed by atoms with Crippen LogP contribution in [-0.2, 0) is 11.3 Å². The van der Waals surface area contributed by atoms with Crippen molar-refractivity contribution in [3.05, 3.63) is 77.6 Å². The number of hydrogen-bond donors (Lipinski definition) is 3. The molecule has 4 aromatic rings. The monoisotopic (exact) mass is 361 g/mol. The molecule has 0 radical (unpaired) electrons. The molecule has 0 fully saturated rings. The Hall–Kier alpha value is -3.18. The van der Waals surface area contributed by atoms with Crippen molar-refractivity contribution < 1.29 is 9.18 Å². The maximum atomic E-state index is 13.5. The number of benzene rings is 3. The summed E-state index contributed by atoms with van der Waals surface area (Å²) in [7, 11) is 0. The maximum absolute atomic E-state index is 13.5. The number of anilines is 1. The maximum Gasteiger partial charge on any atom is 0.231 e. The predicted molar refractivity (Wildman–Crippen MR) is 107 cm³/mol. The van der Waals surface area contributed by atoms with Crippen molar-refractivity contribution in [3.63, 3.8) is 0 Å². The highest BCUT2D eigenvalue weighted by Crippen LogP contribution is 2.29. The number of hydrogen-bond acceptors (Lipinski definition) is 2. The second-order valence-corrected chi connectivity index (χ2v) is 6.74. The third kappa shape index (κ3) is 3.29. The highest BCUT2D eigenvalue weighted by Gasteiger charge is 2.17. The largest absolute Gasteiger partial charge is 0.354 e. The van der Waals surface area contributed by atoms with Crippen LogP contribution in [0.1, 0.15) is 24.0 Å². The zero-order valence-corrected chi connectivity index (χ0v) is 14.9. The van der Waals surface area contributed by atoms with Gasteiger partial charge in [0.1, 0.15) is 5.82 Å². The fraction of sp³-hybridized carbons (Fsp3) is 0.136. The van der Waals surface area contributed by atoms with Crippen molar-refractivity contribution in [2.45, 2.75) is 19.4 Å². The van der Waals surface area contributed by atoms with Gasteiger partial charge in [-0.05, 0) is 54.4 Å². The number of aromatic nitrogens is 1. The Morgan fingerprint density at radius 3 is 2.59 bits per heavy atom. The highest BCUT2D eigenvalue weighted by atomic mass is 19.1. The minimum Gasteiger partial charge on any atom is -0.354 e. The van der Waals surface area contributed by atoms with E-state index in [1.165, 1.54) is 12.1 Å². The van der Waals surface area contributed by atoms with Gasteiger partial charge in [-0.3, -0.25) is 4.79 Å². The molecule has 0 saturated carbocycles. The molecule has 0 aliphatic heterocycles. The Bertz CT molecular complexity index is 1150. The second kappa shape index (κ2) is 6.85. The molecule has 0 spiro atoms. The van der Waals surface area contributed by atoms with Gasteiger partial charge in [-0.25, -0.2) is 4.39 Å². The third-order valence-electron chi connectivity index (χ3n) is 4.91. The number of carbonyl (C=O) groups is 1. The number of nitrogens with two attached hydrogens (primary N) is 1. The number of H-pyrrole nitrogens is 1. The highest BCUT2D eigenvalue weighted by molar-refractivity contribution is 6.07. The number of fused-ring (bicyclic) bond motifs is 3. The van der Waals surface area contributed by atoms with E-state index in [1.807, 2.05) is 49.4 Å². The van der Waals surface area contributed by atoms with Gasteiger partial charge in [-0.2, -0.15) is 0 Å². The molecule has 1 unspecified atom stereocenters. The lowest BCUT2D eigenvalue weighted by atomic mass is 9.98. The smallest absolute Gasteiger partial charge is 0.231 e. The fourth-order valence-corrected chi connectivity index (χ4v) is 3.35. The summed E-state index contributed by atoms with van der Waals surface area (Å²) < 4.78 is 13.5. The van der Waals surface area contributed by atoms with Gasteiger partial charge < -0.3 is 16.0 Å². The van der Waals surface area contributed by atoms with Gasteiger partial charge in [-0.15, -0.1) is 0 Å². The number of carbonyl (C=O) groups excluding carboxylic acids is 1. The molecule has 5 heteroatoms. The molecule has 1 aromatic heterocycles. The number of amides is 1. The van der Waals surface area contributed by atoms with E-state index in [2.05, 4.69) is 10.3 Å². The zero-order chi connectivity index (χ0) is 19.0. The zero-order valence-electron chi connectivity index (χ0n) is 14.9. The second-order valence-electron chi connectivity index (χ2n) is 6.74. The van der Waals surface area contributed by atoms with E-state index in [9.17, 15) is 9.18 Å². The standard InChI is InChI=1S/C22H20FN3O/c1-13(22(27)25-17-4-2-3-14(9-17)12-24)15-5-7-18-19-8-6-16(23)11-21(19)26-20(18)10-15/h2-11,13,26H,12,24H2,1H3,(H,25,27). The van der Waals surface area contributed by atoms with Crippen molar-refractivity contribution in [3.8, 4) is 0 Å². The summed E-state index contributed by atoms with van der Waals surface area (Å²) in [6.07, 6.45) is 0. The van der Waals surface area contributed by atoms with E-state index >= 15 is 0 Å². The Labute approximate surface area is 156 Å². The van der Waals surface area contributed by atoms with E-state index in [1.54, 1.807) is 6.07 Å². The first kappa shape index (κ1) is 17.2. The van der Waals surface area contributed by atoms with E-state index in [4.69, 9.17) is 5.73 Å². The van der Waals surface area contributed by atoms with Gasteiger partial charge in [0.15, 0.2) is 0 Å². The van der Waals surface area contributed by atoms with Crippen LogP contribution in [0.5, 0.6) is 0 Å². The number of aromatic amines is 1. The molecule has 0 bridgehead atoms. The molecule has 4 N–H and O–H groups in total. The summed E-state index contributed by atoms with van der Waals surface area (Å²) in [5.74, 6) is -0.702. The molecule has 0 aliphatic carbocycles. The molecular formula is C22H20FN3O. The van der Waals surface area contributed by atoms with E-state index in [-0.39, 0.29) is 17.6 Å². The summed E-state index contributed by atoms with van der Waals surface area (Å²) in [4.78, 5) is 15.9. The normalized spacial score (nSPS) is 12.4. The minimum absolute atomic E-state index is 0.0920. The predicted octanol–water partition coefficient (Wildman–Crippen LogP) is 4.66. The van der Waals surface area contributed by atoms with E-state index in [0.717, 1.165) is 38.6 Å². The van der Waals surface area contributed by atoms with Crippen molar-refractivity contribution in [1.29, 1.82) is 0 Å². The Morgan fingerprint density at radius 2 is 1.81 bits per heavy atom. The van der Waals surface area contributed by atoms with Gasteiger partial charge in [0, 0.05) is 34.0 Å². The topological polar surface area (TPSA) is 70.9 Å². The van der Waals surface area contributed by atoms with Crippen LogP contribution >= 0.6 is 0 Å². The number of halogens is 1. The average molecular weight is 361 g/mol.